The van der Waals surface area contributed by atoms with Crippen molar-refractivity contribution in [1.82, 2.24) is 14.5 Å². The minimum Gasteiger partial charge on any atom is -0.497 e. The fourth-order valence-corrected chi connectivity index (χ4v) is 4.62. The summed E-state index contributed by atoms with van der Waals surface area (Å²) in [5.41, 5.74) is 0.586. The number of rotatable bonds is 7. The van der Waals surface area contributed by atoms with E-state index in [4.69, 9.17) is 27.9 Å². The van der Waals surface area contributed by atoms with Gasteiger partial charge in [0, 0.05) is 6.04 Å². The van der Waals surface area contributed by atoms with E-state index in [1.54, 1.807) is 19.2 Å². The van der Waals surface area contributed by atoms with Gasteiger partial charge in [-0.2, -0.15) is 9.78 Å². The van der Waals surface area contributed by atoms with Crippen LogP contribution in [-0.4, -0.2) is 25.3 Å². The minimum atomic E-state index is -3.83. The lowest BCUT2D eigenvalue weighted by Gasteiger charge is -2.23. The molecule has 31 heavy (non-hydrogen) atoms. The van der Waals surface area contributed by atoms with Crippen molar-refractivity contribution >= 4 is 33.2 Å². The maximum Gasteiger partial charge on any atom is 0.291 e. The van der Waals surface area contributed by atoms with Crippen LogP contribution in [0.4, 0.5) is 0 Å². The first-order valence-electron chi connectivity index (χ1n) is 9.34. The quantitative estimate of drug-likeness (QED) is 0.545. The highest BCUT2D eigenvalue weighted by molar-refractivity contribution is 7.89. The zero-order valence-corrected chi connectivity index (χ0v) is 19.4. The summed E-state index contributed by atoms with van der Waals surface area (Å²) >= 11 is 11.7. The van der Waals surface area contributed by atoms with E-state index in [1.807, 2.05) is 26.0 Å². The lowest BCUT2D eigenvalue weighted by atomic mass is 9.97. The predicted octanol–water partition coefficient (Wildman–Crippen LogP) is 4.22. The average molecular weight is 482 g/mol. The van der Waals surface area contributed by atoms with Crippen LogP contribution in [0.15, 0.2) is 64.4 Å². The first-order chi connectivity index (χ1) is 14.6. The number of sulfonamides is 1. The summed E-state index contributed by atoms with van der Waals surface area (Å²) < 4.78 is 35.0. The van der Waals surface area contributed by atoms with E-state index in [1.165, 1.54) is 30.5 Å². The van der Waals surface area contributed by atoms with Crippen molar-refractivity contribution in [2.45, 2.75) is 24.8 Å². The van der Waals surface area contributed by atoms with E-state index in [0.717, 1.165) is 10.2 Å². The number of nitrogens with zero attached hydrogens (tertiary/aromatic N) is 2. The fraction of sp³-hybridized carbons (Fsp3) is 0.238. The molecule has 0 aliphatic rings. The molecule has 10 heteroatoms. The number of aromatic nitrogens is 2. The Bertz CT molecular complexity index is 1220. The molecular weight excluding hydrogens is 461 g/mol. The maximum atomic E-state index is 13.0. The Labute approximate surface area is 190 Å². The standard InChI is InChI=1S/C21H21Cl2N3O4S/c1-13(2)20(14-4-8-16(30-3)9-5-14)25-31(28,29)17-10-6-15(7-11-17)26-21(27)19(23)18(22)12-24-26/h4-13,20,25H,1-3H3/t20-/m1/s1. The third-order valence-electron chi connectivity index (χ3n) is 4.69. The fourth-order valence-electron chi connectivity index (χ4n) is 3.00. The molecule has 0 aliphatic carbocycles. The molecule has 0 bridgehead atoms. The second-order valence-corrected chi connectivity index (χ2v) is 9.63. The Morgan fingerprint density at radius 2 is 1.65 bits per heavy atom. The lowest BCUT2D eigenvalue weighted by Crippen LogP contribution is -2.31. The highest BCUT2D eigenvalue weighted by atomic mass is 35.5. The van der Waals surface area contributed by atoms with Crippen LogP contribution in [0, 0.1) is 5.92 Å². The molecule has 3 rings (SSSR count). The van der Waals surface area contributed by atoms with Crippen LogP contribution < -0.4 is 15.0 Å². The molecule has 0 fully saturated rings. The predicted molar refractivity (Wildman–Crippen MR) is 121 cm³/mol. The van der Waals surface area contributed by atoms with E-state index in [0.29, 0.717) is 11.4 Å². The molecule has 0 radical (unpaired) electrons. The lowest BCUT2D eigenvalue weighted by molar-refractivity contribution is 0.413. The van der Waals surface area contributed by atoms with Crippen LogP contribution in [0.2, 0.25) is 10.0 Å². The Morgan fingerprint density at radius 3 is 2.19 bits per heavy atom. The molecule has 2 aromatic carbocycles. The Balaban J connectivity index is 1.89. The molecular formula is C21H21Cl2N3O4S. The van der Waals surface area contributed by atoms with Crippen LogP contribution in [0.25, 0.3) is 5.69 Å². The highest BCUT2D eigenvalue weighted by Gasteiger charge is 2.24. The maximum absolute atomic E-state index is 13.0. The summed E-state index contributed by atoms with van der Waals surface area (Å²) in [5.74, 6) is 0.692. The van der Waals surface area contributed by atoms with Crippen molar-refractivity contribution in [1.29, 1.82) is 0 Å². The van der Waals surface area contributed by atoms with Crippen LogP contribution in [0.3, 0.4) is 0 Å². The molecule has 0 unspecified atom stereocenters. The smallest absolute Gasteiger partial charge is 0.291 e. The molecule has 1 heterocycles. The first-order valence-corrected chi connectivity index (χ1v) is 11.6. The van der Waals surface area contributed by atoms with Gasteiger partial charge in [0.05, 0.1) is 28.9 Å². The van der Waals surface area contributed by atoms with Gasteiger partial charge in [0.15, 0.2) is 0 Å². The SMILES string of the molecule is COc1ccc([C@H](NS(=O)(=O)c2ccc(-n3ncc(Cl)c(Cl)c3=O)cc2)C(C)C)cc1. The molecule has 0 saturated heterocycles. The molecule has 0 amide bonds. The molecule has 0 saturated carbocycles. The van der Waals surface area contributed by atoms with Gasteiger partial charge in [0.25, 0.3) is 5.56 Å². The summed E-state index contributed by atoms with van der Waals surface area (Å²) in [6.07, 6.45) is 1.25. The van der Waals surface area contributed by atoms with Crippen molar-refractivity contribution in [2.24, 2.45) is 5.92 Å². The number of halogens is 2. The van der Waals surface area contributed by atoms with Crippen molar-refractivity contribution in [2.75, 3.05) is 7.11 Å². The molecule has 0 spiro atoms. The largest absolute Gasteiger partial charge is 0.497 e. The van der Waals surface area contributed by atoms with Crippen molar-refractivity contribution in [3.63, 3.8) is 0 Å². The molecule has 0 aliphatic heterocycles. The number of hydrogen-bond acceptors (Lipinski definition) is 5. The zero-order chi connectivity index (χ0) is 22.8. The average Bonchev–Trinajstić information content (AvgIpc) is 2.76. The molecule has 164 valence electrons. The summed E-state index contributed by atoms with van der Waals surface area (Å²) in [4.78, 5) is 12.3. The van der Waals surface area contributed by atoms with E-state index >= 15 is 0 Å². The van der Waals surface area contributed by atoms with Gasteiger partial charge in [-0.3, -0.25) is 4.79 Å². The summed E-state index contributed by atoms with van der Waals surface area (Å²) in [5, 5.41) is 3.83. The number of nitrogens with one attached hydrogen (secondary N) is 1. The van der Waals surface area contributed by atoms with E-state index < -0.39 is 21.6 Å². The summed E-state index contributed by atoms with van der Waals surface area (Å²) in [7, 11) is -2.26. The molecule has 3 aromatic rings. The van der Waals surface area contributed by atoms with Gasteiger partial charge in [-0.1, -0.05) is 49.2 Å². The van der Waals surface area contributed by atoms with Gasteiger partial charge in [-0.25, -0.2) is 13.1 Å². The first kappa shape index (κ1) is 23.3. The van der Waals surface area contributed by atoms with Crippen LogP contribution in [0.1, 0.15) is 25.5 Å². The summed E-state index contributed by atoms with van der Waals surface area (Å²) in [6, 6.07) is 12.6. The van der Waals surface area contributed by atoms with Crippen LogP contribution >= 0.6 is 23.2 Å². The van der Waals surface area contributed by atoms with Gasteiger partial charge >= 0.3 is 0 Å². The second-order valence-electron chi connectivity index (χ2n) is 7.13. The highest BCUT2D eigenvalue weighted by Crippen LogP contribution is 2.26. The third-order valence-corrected chi connectivity index (χ3v) is 6.90. The van der Waals surface area contributed by atoms with E-state index in [2.05, 4.69) is 9.82 Å². The number of benzene rings is 2. The second kappa shape index (κ2) is 9.40. The van der Waals surface area contributed by atoms with Crippen molar-refractivity contribution < 1.29 is 13.2 Å². The van der Waals surface area contributed by atoms with Crippen molar-refractivity contribution in [3.05, 3.63) is 80.7 Å². The Hall–Kier alpha value is -2.39. The summed E-state index contributed by atoms with van der Waals surface area (Å²) in [6.45, 7) is 3.87. The molecule has 7 nitrogen and oxygen atoms in total. The van der Waals surface area contributed by atoms with Gasteiger partial charge in [-0.05, 0) is 47.9 Å². The molecule has 1 N–H and O–H groups in total. The molecule has 1 aromatic heterocycles. The zero-order valence-electron chi connectivity index (χ0n) is 17.0. The van der Waals surface area contributed by atoms with Gasteiger partial charge in [-0.15, -0.1) is 0 Å². The molecule has 1 atom stereocenters. The normalized spacial score (nSPS) is 12.7. The third kappa shape index (κ3) is 5.10. The number of hydrogen-bond donors (Lipinski definition) is 1. The monoisotopic (exact) mass is 481 g/mol. The van der Waals surface area contributed by atoms with Gasteiger partial charge in [0.2, 0.25) is 10.0 Å². The minimum absolute atomic E-state index is 0.00132. The van der Waals surface area contributed by atoms with Crippen LogP contribution in [0.5, 0.6) is 5.75 Å². The van der Waals surface area contributed by atoms with E-state index in [-0.39, 0.29) is 20.9 Å². The number of ether oxygens (including phenoxy) is 1. The Morgan fingerprint density at radius 1 is 1.03 bits per heavy atom. The van der Waals surface area contributed by atoms with Gasteiger partial charge < -0.3 is 4.74 Å². The van der Waals surface area contributed by atoms with Crippen molar-refractivity contribution in [3.8, 4) is 11.4 Å². The van der Waals surface area contributed by atoms with E-state index in [9.17, 15) is 13.2 Å². The number of methoxy groups -OCH3 is 1. The van der Waals surface area contributed by atoms with Crippen LogP contribution in [-0.2, 0) is 10.0 Å². The van der Waals surface area contributed by atoms with Gasteiger partial charge in [0.1, 0.15) is 10.8 Å². The topological polar surface area (TPSA) is 90.3 Å². The Kier molecular flexibility index (Phi) is 7.06.